The van der Waals surface area contributed by atoms with Gasteiger partial charge in [-0.3, -0.25) is 0 Å². The summed E-state index contributed by atoms with van der Waals surface area (Å²) in [7, 11) is 0. The summed E-state index contributed by atoms with van der Waals surface area (Å²) in [6.07, 6.45) is 0. The van der Waals surface area contributed by atoms with Crippen molar-refractivity contribution in [2.24, 2.45) is 0 Å². The Kier molecular flexibility index (Phi) is 1.68. The topological polar surface area (TPSA) is 0 Å². The van der Waals surface area contributed by atoms with Gasteiger partial charge in [-0.05, 0) is 0 Å². The van der Waals surface area contributed by atoms with Gasteiger partial charge in [-0.1, -0.05) is 0 Å². The molecule has 3 heterocycles. The van der Waals surface area contributed by atoms with Crippen molar-refractivity contribution in [2.45, 2.75) is 10.5 Å². The van der Waals surface area contributed by atoms with E-state index in [2.05, 4.69) is 33.4 Å². The quantitative estimate of drug-likeness (QED) is 0.581. The van der Waals surface area contributed by atoms with E-state index >= 15 is 0 Å². The van der Waals surface area contributed by atoms with Crippen LogP contribution in [0.1, 0.15) is 21.6 Å². The molecule has 2 saturated heterocycles. The first kappa shape index (κ1) is 7.14. The predicted octanol–water partition coefficient (Wildman–Crippen LogP) is 2.32. The van der Waals surface area contributed by atoms with E-state index in [0.29, 0.717) is 14.5 Å². The SMILES string of the molecule is c1[se]cc(C2CS2)c1C1CS1. The first-order valence-corrected chi connectivity index (χ1v) is 7.82. The van der Waals surface area contributed by atoms with Gasteiger partial charge in [0.2, 0.25) is 0 Å². The van der Waals surface area contributed by atoms with Crippen LogP contribution in [-0.4, -0.2) is 26.0 Å². The number of hydrogen-bond acceptors (Lipinski definition) is 2. The van der Waals surface area contributed by atoms with Crippen LogP contribution in [-0.2, 0) is 0 Å². The van der Waals surface area contributed by atoms with E-state index in [1.165, 1.54) is 11.5 Å². The molecule has 1 aromatic rings. The number of rotatable bonds is 2. The Hall–Kier alpha value is 0.699. The summed E-state index contributed by atoms with van der Waals surface area (Å²) >= 11 is 4.92. The second kappa shape index (κ2) is 2.59. The van der Waals surface area contributed by atoms with Gasteiger partial charge < -0.3 is 0 Å². The van der Waals surface area contributed by atoms with E-state index in [4.69, 9.17) is 0 Å². The second-order valence-electron chi connectivity index (χ2n) is 2.93. The summed E-state index contributed by atoms with van der Waals surface area (Å²) in [5.41, 5.74) is 3.43. The van der Waals surface area contributed by atoms with E-state index in [1.807, 2.05) is 0 Å². The van der Waals surface area contributed by atoms with Gasteiger partial charge >= 0.3 is 81.0 Å². The molecule has 3 heteroatoms. The minimum absolute atomic E-state index is 0.705. The molecule has 0 saturated carbocycles. The Bertz CT molecular complexity index is 247. The summed E-state index contributed by atoms with van der Waals surface area (Å²) in [5.74, 6) is 2.77. The number of hydrogen-bond donors (Lipinski definition) is 0. The molecule has 0 aromatic carbocycles. The maximum absolute atomic E-state index is 2.49. The maximum atomic E-state index is 2.49. The van der Waals surface area contributed by atoms with Crippen LogP contribution >= 0.6 is 23.5 Å². The summed E-state index contributed by atoms with van der Waals surface area (Å²) in [6, 6.07) is 0. The van der Waals surface area contributed by atoms with Crippen molar-refractivity contribution >= 4 is 38.0 Å². The van der Waals surface area contributed by atoms with Crippen molar-refractivity contribution in [3.63, 3.8) is 0 Å². The molecule has 2 atom stereocenters. The molecule has 2 aliphatic rings. The van der Waals surface area contributed by atoms with Gasteiger partial charge in [0.1, 0.15) is 0 Å². The normalized spacial score (nSPS) is 33.8. The molecule has 0 nitrogen and oxygen atoms in total. The molecule has 58 valence electrons. The van der Waals surface area contributed by atoms with Gasteiger partial charge in [0.05, 0.1) is 0 Å². The van der Waals surface area contributed by atoms with E-state index < -0.39 is 0 Å². The molecule has 11 heavy (non-hydrogen) atoms. The predicted molar refractivity (Wildman–Crippen MR) is 53.8 cm³/mol. The minimum atomic E-state index is 0.705. The standard InChI is InChI=1S/C8H8S2Se/c1-7(9-1)5-3-11-4-6(5)8-2-10-8/h3-4,7-8H,1-2H2. The summed E-state index contributed by atoms with van der Waals surface area (Å²) in [5, 5.41) is 1.82. The summed E-state index contributed by atoms with van der Waals surface area (Å²) < 4.78 is 0. The Morgan fingerprint density at radius 3 is 1.91 bits per heavy atom. The fraction of sp³-hybridized carbons (Fsp3) is 0.500. The average Bonchev–Trinajstić information content (AvgIpc) is 2.91. The molecule has 0 N–H and O–H groups in total. The van der Waals surface area contributed by atoms with E-state index in [9.17, 15) is 0 Å². The molecule has 3 rings (SSSR count). The van der Waals surface area contributed by atoms with Crippen LogP contribution < -0.4 is 0 Å². The third kappa shape index (κ3) is 1.33. The Morgan fingerprint density at radius 2 is 1.55 bits per heavy atom. The van der Waals surface area contributed by atoms with Crippen LogP contribution in [0, 0.1) is 0 Å². The Balaban J connectivity index is 1.98. The van der Waals surface area contributed by atoms with Crippen molar-refractivity contribution in [3.05, 3.63) is 21.0 Å². The zero-order chi connectivity index (χ0) is 7.26. The first-order valence-electron chi connectivity index (χ1n) is 3.74. The fourth-order valence-corrected chi connectivity index (χ4v) is 5.02. The summed E-state index contributed by atoms with van der Waals surface area (Å²) in [4.78, 5) is 4.98. The zero-order valence-electron chi connectivity index (χ0n) is 5.95. The van der Waals surface area contributed by atoms with Crippen molar-refractivity contribution in [2.75, 3.05) is 11.5 Å². The van der Waals surface area contributed by atoms with Crippen LogP contribution in [0.15, 0.2) is 9.88 Å². The summed E-state index contributed by atoms with van der Waals surface area (Å²) in [6.45, 7) is 0. The molecular formula is C8H8S2Se. The third-order valence-electron chi connectivity index (χ3n) is 2.08. The molecule has 0 spiro atoms. The van der Waals surface area contributed by atoms with Gasteiger partial charge in [0.15, 0.2) is 0 Å². The van der Waals surface area contributed by atoms with Crippen molar-refractivity contribution < 1.29 is 0 Å². The monoisotopic (exact) mass is 248 g/mol. The van der Waals surface area contributed by atoms with Gasteiger partial charge in [0, 0.05) is 0 Å². The molecule has 2 unspecified atom stereocenters. The van der Waals surface area contributed by atoms with Crippen LogP contribution in [0.3, 0.4) is 0 Å². The second-order valence-corrected chi connectivity index (χ2v) is 6.96. The molecule has 0 bridgehead atoms. The van der Waals surface area contributed by atoms with Crippen LogP contribution in [0.5, 0.6) is 0 Å². The van der Waals surface area contributed by atoms with Gasteiger partial charge in [-0.25, -0.2) is 0 Å². The van der Waals surface area contributed by atoms with Crippen LogP contribution in [0.2, 0.25) is 0 Å². The van der Waals surface area contributed by atoms with E-state index in [0.717, 1.165) is 10.5 Å². The molecule has 0 radical (unpaired) electrons. The fourth-order valence-electron chi connectivity index (χ4n) is 1.30. The van der Waals surface area contributed by atoms with Gasteiger partial charge in [-0.15, -0.1) is 0 Å². The van der Waals surface area contributed by atoms with Crippen molar-refractivity contribution in [1.82, 2.24) is 0 Å². The Morgan fingerprint density at radius 1 is 1.09 bits per heavy atom. The van der Waals surface area contributed by atoms with Crippen molar-refractivity contribution in [3.8, 4) is 0 Å². The van der Waals surface area contributed by atoms with Gasteiger partial charge in [-0.2, -0.15) is 0 Å². The zero-order valence-corrected chi connectivity index (χ0v) is 9.29. The van der Waals surface area contributed by atoms with E-state index in [-0.39, 0.29) is 0 Å². The first-order chi connectivity index (χ1) is 5.45. The van der Waals surface area contributed by atoms with Gasteiger partial charge in [0.25, 0.3) is 0 Å². The van der Waals surface area contributed by atoms with Crippen molar-refractivity contribution in [1.29, 1.82) is 0 Å². The number of thioether (sulfide) groups is 2. The van der Waals surface area contributed by atoms with Crippen LogP contribution in [0.4, 0.5) is 0 Å². The molecule has 1 aromatic heterocycles. The Labute approximate surface area is 80.9 Å². The molecule has 0 amide bonds. The van der Waals surface area contributed by atoms with Crippen LogP contribution in [0.25, 0.3) is 0 Å². The molecule has 2 aliphatic heterocycles. The molecule has 2 fully saturated rings. The average molecular weight is 247 g/mol. The third-order valence-corrected chi connectivity index (χ3v) is 5.56. The van der Waals surface area contributed by atoms with E-state index in [1.54, 1.807) is 11.1 Å². The molecule has 0 aliphatic carbocycles. The molecular weight excluding hydrogens is 239 g/mol.